The number of carbonyl (C=O) groups excluding carboxylic acids is 1. The number of aliphatic hydroxyl groups excluding tert-OH is 1. The van der Waals surface area contributed by atoms with E-state index >= 15 is 0 Å². The zero-order valence-corrected chi connectivity index (χ0v) is 10.8. The summed E-state index contributed by atoms with van der Waals surface area (Å²) in [7, 11) is 0. The molecule has 0 unspecified atom stereocenters. The van der Waals surface area contributed by atoms with Crippen LogP contribution >= 0.6 is 0 Å². The predicted octanol–water partition coefficient (Wildman–Crippen LogP) is 0.796. The molecular formula is C12H22N2O4. The van der Waals surface area contributed by atoms with Crippen molar-refractivity contribution in [3.05, 3.63) is 0 Å². The van der Waals surface area contributed by atoms with Crippen molar-refractivity contribution in [2.75, 3.05) is 13.2 Å². The number of nitrogens with one attached hydrogen (secondary N) is 1. The SMILES string of the molecule is CCC[C@@H](NC(=O)N(CCO)C1CCC1)C(=O)O. The van der Waals surface area contributed by atoms with Crippen molar-refractivity contribution in [1.82, 2.24) is 10.2 Å². The Morgan fingerprint density at radius 1 is 1.44 bits per heavy atom. The molecule has 0 heterocycles. The Kier molecular flexibility index (Phi) is 5.91. The number of aliphatic carboxylic acids is 1. The maximum absolute atomic E-state index is 12.0. The number of amides is 2. The Labute approximate surface area is 107 Å². The third kappa shape index (κ3) is 3.87. The van der Waals surface area contributed by atoms with Gasteiger partial charge in [-0.25, -0.2) is 9.59 Å². The normalized spacial score (nSPS) is 16.8. The van der Waals surface area contributed by atoms with Gasteiger partial charge in [0.05, 0.1) is 6.61 Å². The highest BCUT2D eigenvalue weighted by atomic mass is 16.4. The van der Waals surface area contributed by atoms with Gasteiger partial charge in [-0.2, -0.15) is 0 Å². The van der Waals surface area contributed by atoms with Crippen LogP contribution in [0.2, 0.25) is 0 Å². The molecule has 1 aliphatic rings. The molecule has 0 aliphatic heterocycles. The van der Waals surface area contributed by atoms with Crippen LogP contribution in [-0.2, 0) is 4.79 Å². The topological polar surface area (TPSA) is 89.9 Å². The number of aliphatic hydroxyl groups is 1. The number of rotatable bonds is 7. The van der Waals surface area contributed by atoms with E-state index in [1.165, 1.54) is 0 Å². The molecule has 0 radical (unpaired) electrons. The third-order valence-corrected chi connectivity index (χ3v) is 3.29. The first kappa shape index (κ1) is 14.8. The summed E-state index contributed by atoms with van der Waals surface area (Å²) >= 11 is 0. The summed E-state index contributed by atoms with van der Waals surface area (Å²) in [6.45, 7) is 2.03. The molecule has 0 aromatic rings. The van der Waals surface area contributed by atoms with E-state index in [2.05, 4.69) is 5.32 Å². The first-order chi connectivity index (χ1) is 8.60. The molecule has 0 bridgehead atoms. The van der Waals surface area contributed by atoms with Crippen molar-refractivity contribution < 1.29 is 19.8 Å². The van der Waals surface area contributed by atoms with Gasteiger partial charge in [-0.1, -0.05) is 13.3 Å². The molecule has 2 amide bonds. The summed E-state index contributed by atoms with van der Waals surface area (Å²) < 4.78 is 0. The summed E-state index contributed by atoms with van der Waals surface area (Å²) in [6.07, 6.45) is 4.05. The summed E-state index contributed by atoms with van der Waals surface area (Å²) in [5, 5.41) is 20.5. The molecule has 3 N–H and O–H groups in total. The van der Waals surface area contributed by atoms with Gasteiger partial charge in [-0.15, -0.1) is 0 Å². The molecule has 0 spiro atoms. The lowest BCUT2D eigenvalue weighted by molar-refractivity contribution is -0.139. The van der Waals surface area contributed by atoms with Gasteiger partial charge < -0.3 is 20.4 Å². The van der Waals surface area contributed by atoms with E-state index in [9.17, 15) is 9.59 Å². The zero-order chi connectivity index (χ0) is 13.5. The molecule has 1 saturated carbocycles. The van der Waals surface area contributed by atoms with Crippen LogP contribution in [-0.4, -0.2) is 52.3 Å². The summed E-state index contributed by atoms with van der Waals surface area (Å²) in [4.78, 5) is 24.5. The van der Waals surface area contributed by atoms with E-state index in [-0.39, 0.29) is 25.2 Å². The van der Waals surface area contributed by atoms with Crippen LogP contribution in [0.15, 0.2) is 0 Å². The first-order valence-electron chi connectivity index (χ1n) is 6.51. The van der Waals surface area contributed by atoms with Crippen molar-refractivity contribution in [1.29, 1.82) is 0 Å². The quantitative estimate of drug-likeness (QED) is 0.630. The van der Waals surface area contributed by atoms with Crippen LogP contribution in [0.4, 0.5) is 4.79 Å². The number of carboxylic acids is 1. The number of carbonyl (C=O) groups is 2. The lowest BCUT2D eigenvalue weighted by atomic mass is 9.91. The molecule has 0 saturated heterocycles. The minimum atomic E-state index is -1.01. The molecular weight excluding hydrogens is 236 g/mol. The van der Waals surface area contributed by atoms with Gasteiger partial charge in [0.2, 0.25) is 0 Å². The molecule has 18 heavy (non-hydrogen) atoms. The van der Waals surface area contributed by atoms with Crippen LogP contribution < -0.4 is 5.32 Å². The van der Waals surface area contributed by atoms with Crippen molar-refractivity contribution in [2.45, 2.75) is 51.1 Å². The fourth-order valence-electron chi connectivity index (χ4n) is 2.03. The van der Waals surface area contributed by atoms with E-state index < -0.39 is 12.0 Å². The van der Waals surface area contributed by atoms with Crippen LogP contribution in [0.1, 0.15) is 39.0 Å². The highest BCUT2D eigenvalue weighted by molar-refractivity contribution is 5.82. The number of hydrogen-bond donors (Lipinski definition) is 3. The molecule has 1 atom stereocenters. The van der Waals surface area contributed by atoms with E-state index in [1.807, 2.05) is 6.92 Å². The molecule has 1 aliphatic carbocycles. The van der Waals surface area contributed by atoms with E-state index in [0.29, 0.717) is 12.8 Å². The fourth-order valence-corrected chi connectivity index (χ4v) is 2.03. The first-order valence-corrected chi connectivity index (χ1v) is 6.51. The third-order valence-electron chi connectivity index (χ3n) is 3.29. The Morgan fingerprint density at radius 3 is 2.50 bits per heavy atom. The highest BCUT2D eigenvalue weighted by Gasteiger charge is 2.30. The minimum Gasteiger partial charge on any atom is -0.480 e. The average molecular weight is 258 g/mol. The Balaban J connectivity index is 2.55. The predicted molar refractivity (Wildman–Crippen MR) is 66.3 cm³/mol. The molecule has 1 rings (SSSR count). The second kappa shape index (κ2) is 7.20. The van der Waals surface area contributed by atoms with Gasteiger partial charge >= 0.3 is 12.0 Å². The molecule has 0 aromatic carbocycles. The molecule has 1 fully saturated rings. The Morgan fingerprint density at radius 2 is 2.11 bits per heavy atom. The minimum absolute atomic E-state index is 0.102. The summed E-state index contributed by atoms with van der Waals surface area (Å²) in [6, 6.07) is -1.08. The van der Waals surface area contributed by atoms with E-state index in [1.54, 1.807) is 4.90 Å². The van der Waals surface area contributed by atoms with Crippen LogP contribution in [0, 0.1) is 0 Å². The van der Waals surface area contributed by atoms with Gasteiger partial charge in [0.25, 0.3) is 0 Å². The standard InChI is InChI=1S/C12H22N2O4/c1-2-4-10(11(16)17)13-12(18)14(7-8-15)9-5-3-6-9/h9-10,15H,2-8H2,1H3,(H,13,18)(H,16,17)/t10-/m1/s1. The highest BCUT2D eigenvalue weighted by Crippen LogP contribution is 2.24. The largest absolute Gasteiger partial charge is 0.480 e. The smallest absolute Gasteiger partial charge is 0.326 e. The lowest BCUT2D eigenvalue weighted by Gasteiger charge is -2.37. The Hall–Kier alpha value is -1.30. The lowest BCUT2D eigenvalue weighted by Crippen LogP contribution is -2.53. The van der Waals surface area contributed by atoms with E-state index in [0.717, 1.165) is 19.3 Å². The van der Waals surface area contributed by atoms with Crippen molar-refractivity contribution in [3.8, 4) is 0 Å². The van der Waals surface area contributed by atoms with E-state index in [4.69, 9.17) is 10.2 Å². The van der Waals surface area contributed by atoms with Gasteiger partial charge in [0.15, 0.2) is 0 Å². The zero-order valence-electron chi connectivity index (χ0n) is 10.8. The maximum Gasteiger partial charge on any atom is 0.326 e. The van der Waals surface area contributed by atoms with Gasteiger partial charge in [-0.3, -0.25) is 0 Å². The number of nitrogens with zero attached hydrogens (tertiary/aromatic N) is 1. The molecule has 0 aromatic heterocycles. The van der Waals surface area contributed by atoms with Crippen LogP contribution in [0.3, 0.4) is 0 Å². The summed E-state index contributed by atoms with van der Waals surface area (Å²) in [5.41, 5.74) is 0. The average Bonchev–Trinajstić information content (AvgIpc) is 2.25. The van der Waals surface area contributed by atoms with Crippen molar-refractivity contribution in [3.63, 3.8) is 0 Å². The van der Waals surface area contributed by atoms with Crippen LogP contribution in [0.25, 0.3) is 0 Å². The molecule has 104 valence electrons. The van der Waals surface area contributed by atoms with Crippen molar-refractivity contribution in [2.24, 2.45) is 0 Å². The Bertz CT molecular complexity index is 292. The maximum atomic E-state index is 12.0. The second-order valence-corrected chi connectivity index (χ2v) is 4.63. The van der Waals surface area contributed by atoms with Gasteiger partial charge in [-0.05, 0) is 25.7 Å². The molecule has 6 heteroatoms. The number of hydrogen-bond acceptors (Lipinski definition) is 3. The molecule has 6 nitrogen and oxygen atoms in total. The summed E-state index contributed by atoms with van der Waals surface area (Å²) in [5.74, 6) is -1.01. The van der Waals surface area contributed by atoms with Crippen molar-refractivity contribution >= 4 is 12.0 Å². The number of carboxylic acid groups (broad SMARTS) is 1. The second-order valence-electron chi connectivity index (χ2n) is 4.63. The van der Waals surface area contributed by atoms with Gasteiger partial charge in [0.1, 0.15) is 6.04 Å². The fraction of sp³-hybridized carbons (Fsp3) is 0.833. The monoisotopic (exact) mass is 258 g/mol. The number of urea groups is 1. The van der Waals surface area contributed by atoms with Gasteiger partial charge in [0, 0.05) is 12.6 Å². The van der Waals surface area contributed by atoms with Crippen LogP contribution in [0.5, 0.6) is 0 Å².